The maximum absolute atomic E-state index is 10.5. The van der Waals surface area contributed by atoms with Gasteiger partial charge in [-0.25, -0.2) is 4.42 Å². The van der Waals surface area contributed by atoms with E-state index in [1.54, 1.807) is 0 Å². The molecule has 0 rings (SSSR count). The van der Waals surface area contributed by atoms with Crippen LogP contribution in [0.15, 0.2) is 12.7 Å². The largest absolute Gasteiger partial charge is 0.272 e. The van der Waals surface area contributed by atoms with Crippen LogP contribution in [0.2, 0.25) is 0 Å². The first-order chi connectivity index (χ1) is 4.22. The van der Waals surface area contributed by atoms with E-state index in [9.17, 15) is 4.79 Å². The second-order valence-corrected chi connectivity index (χ2v) is 2.04. The van der Waals surface area contributed by atoms with Gasteiger partial charge in [-0.05, 0) is 0 Å². The number of hydrogen-bond acceptors (Lipinski definition) is 1. The van der Waals surface area contributed by atoms with Gasteiger partial charge in [0.25, 0.3) is 5.91 Å². The number of halogens is 2. The van der Waals surface area contributed by atoms with Crippen molar-refractivity contribution in [3.05, 3.63) is 12.7 Å². The van der Waals surface area contributed by atoms with Crippen LogP contribution in [0.3, 0.4) is 0 Å². The van der Waals surface area contributed by atoms with Crippen molar-refractivity contribution in [2.24, 2.45) is 0 Å². The van der Waals surface area contributed by atoms with E-state index in [1.807, 2.05) is 0 Å². The van der Waals surface area contributed by atoms with Crippen LogP contribution in [0.25, 0.3) is 0 Å². The highest BCUT2D eigenvalue weighted by molar-refractivity contribution is 6.32. The summed E-state index contributed by atoms with van der Waals surface area (Å²) in [6.07, 6.45) is 1.53. The van der Waals surface area contributed by atoms with Gasteiger partial charge in [0, 0.05) is 11.8 Å². The SMILES string of the molecule is C=CCN(Cl)C(=O)CCl. The summed E-state index contributed by atoms with van der Waals surface area (Å²) in [5, 5.41) is 0. The summed E-state index contributed by atoms with van der Waals surface area (Å²) >= 11 is 10.5. The standard InChI is InChI=1S/C5H7Cl2NO/c1-2-3-8(7)5(9)4-6/h2H,1,3-4H2. The minimum atomic E-state index is -0.307. The first-order valence-corrected chi connectivity index (χ1v) is 3.22. The lowest BCUT2D eigenvalue weighted by molar-refractivity contribution is -0.123. The number of carbonyl (C=O) groups excluding carboxylic acids is 1. The van der Waals surface area contributed by atoms with Crippen LogP contribution >= 0.6 is 23.4 Å². The number of carbonyl (C=O) groups is 1. The molecule has 0 N–H and O–H groups in total. The maximum atomic E-state index is 10.5. The molecule has 9 heavy (non-hydrogen) atoms. The van der Waals surface area contributed by atoms with Crippen molar-refractivity contribution in [3.63, 3.8) is 0 Å². The van der Waals surface area contributed by atoms with Crippen molar-refractivity contribution in [2.45, 2.75) is 0 Å². The number of alkyl halides is 1. The molecule has 0 unspecified atom stereocenters. The zero-order valence-corrected chi connectivity index (χ0v) is 6.32. The summed E-state index contributed by atoms with van der Waals surface area (Å²) in [6, 6.07) is 0. The third-order valence-electron chi connectivity index (χ3n) is 0.674. The zero-order chi connectivity index (χ0) is 7.28. The Balaban J connectivity index is 3.58. The summed E-state index contributed by atoms with van der Waals surface area (Å²) in [6.45, 7) is 3.72. The molecule has 0 aromatic carbocycles. The van der Waals surface area contributed by atoms with Crippen LogP contribution in [-0.4, -0.2) is 22.8 Å². The van der Waals surface area contributed by atoms with E-state index < -0.39 is 0 Å². The predicted octanol–water partition coefficient (Wildman–Crippen LogP) is 1.39. The Morgan fingerprint density at radius 2 is 2.33 bits per heavy atom. The van der Waals surface area contributed by atoms with Crippen LogP contribution in [-0.2, 0) is 4.79 Å². The molecule has 0 radical (unpaired) electrons. The number of amides is 1. The lowest BCUT2D eigenvalue weighted by Crippen LogP contribution is -2.22. The molecule has 0 saturated heterocycles. The molecular formula is C5H7Cl2NO. The molecule has 0 aromatic rings. The van der Waals surface area contributed by atoms with Gasteiger partial charge in [0.15, 0.2) is 0 Å². The quantitative estimate of drug-likeness (QED) is 0.354. The zero-order valence-electron chi connectivity index (χ0n) is 4.81. The van der Waals surface area contributed by atoms with Crippen molar-refractivity contribution in [1.29, 1.82) is 0 Å². The van der Waals surface area contributed by atoms with Crippen LogP contribution in [0.4, 0.5) is 0 Å². The molecule has 4 heteroatoms. The Kier molecular flexibility index (Phi) is 4.54. The van der Waals surface area contributed by atoms with Gasteiger partial charge in [-0.3, -0.25) is 4.79 Å². The smallest absolute Gasteiger partial charge is 0.252 e. The van der Waals surface area contributed by atoms with Gasteiger partial charge >= 0.3 is 0 Å². The highest BCUT2D eigenvalue weighted by Crippen LogP contribution is 1.95. The van der Waals surface area contributed by atoms with Crippen molar-refractivity contribution >= 4 is 29.3 Å². The van der Waals surface area contributed by atoms with Gasteiger partial charge < -0.3 is 0 Å². The summed E-state index contributed by atoms with van der Waals surface area (Å²) < 4.78 is 0.986. The molecule has 0 aliphatic carbocycles. The summed E-state index contributed by atoms with van der Waals surface area (Å²) in [7, 11) is 0. The first-order valence-electron chi connectivity index (χ1n) is 2.35. The van der Waals surface area contributed by atoms with Crippen LogP contribution in [0, 0.1) is 0 Å². The minimum Gasteiger partial charge on any atom is -0.272 e. The second-order valence-electron chi connectivity index (χ2n) is 1.36. The van der Waals surface area contributed by atoms with Gasteiger partial charge in [0.1, 0.15) is 5.88 Å². The van der Waals surface area contributed by atoms with Gasteiger partial charge in [-0.15, -0.1) is 18.2 Å². The third-order valence-corrected chi connectivity index (χ3v) is 1.23. The van der Waals surface area contributed by atoms with Crippen molar-refractivity contribution in [1.82, 2.24) is 4.42 Å². The number of rotatable bonds is 3. The van der Waals surface area contributed by atoms with E-state index in [0.717, 1.165) is 4.42 Å². The topological polar surface area (TPSA) is 20.3 Å². The first kappa shape index (κ1) is 8.79. The number of nitrogens with zero attached hydrogens (tertiary/aromatic N) is 1. The molecular weight excluding hydrogens is 161 g/mol. The van der Waals surface area contributed by atoms with Crippen molar-refractivity contribution < 1.29 is 4.79 Å². The van der Waals surface area contributed by atoms with E-state index in [0.29, 0.717) is 6.54 Å². The average Bonchev–Trinajstić information content (AvgIpc) is 1.87. The van der Waals surface area contributed by atoms with Crippen LogP contribution in [0.5, 0.6) is 0 Å². The molecule has 52 valence electrons. The Morgan fingerprint density at radius 1 is 1.78 bits per heavy atom. The molecule has 2 nitrogen and oxygen atoms in total. The van der Waals surface area contributed by atoms with Crippen LogP contribution < -0.4 is 0 Å². The summed E-state index contributed by atoms with van der Waals surface area (Å²) in [4.78, 5) is 10.5. The fraction of sp³-hybridized carbons (Fsp3) is 0.400. The van der Waals surface area contributed by atoms with Crippen LogP contribution in [0.1, 0.15) is 0 Å². The normalized spacial score (nSPS) is 8.67. The van der Waals surface area contributed by atoms with E-state index >= 15 is 0 Å². The van der Waals surface area contributed by atoms with Crippen molar-refractivity contribution in [3.8, 4) is 0 Å². The van der Waals surface area contributed by atoms with Gasteiger partial charge in [0.05, 0.1) is 6.54 Å². The van der Waals surface area contributed by atoms with Gasteiger partial charge in [-0.1, -0.05) is 6.08 Å². The van der Waals surface area contributed by atoms with E-state index in [2.05, 4.69) is 6.58 Å². The van der Waals surface area contributed by atoms with E-state index in [-0.39, 0.29) is 11.8 Å². The predicted molar refractivity (Wildman–Crippen MR) is 38.5 cm³/mol. The molecule has 0 aromatic heterocycles. The van der Waals surface area contributed by atoms with Gasteiger partial charge in [0.2, 0.25) is 0 Å². The molecule has 0 aliphatic rings. The lowest BCUT2D eigenvalue weighted by Gasteiger charge is -2.07. The fourth-order valence-electron chi connectivity index (χ4n) is 0.280. The molecule has 0 bridgehead atoms. The fourth-order valence-corrected chi connectivity index (χ4v) is 0.643. The lowest BCUT2D eigenvalue weighted by atomic mass is 10.6. The van der Waals surface area contributed by atoms with E-state index in [1.165, 1.54) is 6.08 Å². The Labute approximate surface area is 64.1 Å². The Hall–Kier alpha value is -0.210. The number of hydrogen-bond donors (Lipinski definition) is 0. The van der Waals surface area contributed by atoms with E-state index in [4.69, 9.17) is 23.4 Å². The highest BCUT2D eigenvalue weighted by Gasteiger charge is 2.05. The molecule has 0 aliphatic heterocycles. The second kappa shape index (κ2) is 4.65. The average molecular weight is 168 g/mol. The molecule has 0 atom stereocenters. The third kappa shape index (κ3) is 3.38. The van der Waals surface area contributed by atoms with Crippen molar-refractivity contribution in [2.75, 3.05) is 12.4 Å². The molecule has 0 saturated carbocycles. The Morgan fingerprint density at radius 3 is 2.67 bits per heavy atom. The Bertz CT molecular complexity index is 116. The molecule has 1 amide bonds. The maximum Gasteiger partial charge on any atom is 0.252 e. The molecule has 0 fully saturated rings. The minimum absolute atomic E-state index is 0.0860. The molecule has 0 spiro atoms. The summed E-state index contributed by atoms with van der Waals surface area (Å²) in [5.41, 5.74) is 0. The highest BCUT2D eigenvalue weighted by atomic mass is 35.5. The molecule has 0 heterocycles. The monoisotopic (exact) mass is 167 g/mol. The van der Waals surface area contributed by atoms with Gasteiger partial charge in [-0.2, -0.15) is 0 Å². The summed E-state index contributed by atoms with van der Waals surface area (Å²) in [5.74, 6) is -0.393.